The monoisotopic (exact) mass is 531 g/mol. The lowest BCUT2D eigenvalue weighted by Gasteiger charge is -2.34. The molecule has 0 radical (unpaired) electrons. The number of nitrogens with zero attached hydrogens (tertiary/aromatic N) is 1. The Hall–Kier alpha value is -4.05. The number of ether oxygens (including phenoxy) is 1. The highest BCUT2D eigenvalue weighted by Crippen LogP contribution is 2.24. The van der Waals surface area contributed by atoms with Crippen LogP contribution in [0.4, 0.5) is 4.79 Å². The standard InChI is InChI=1S/C32H41N3O4/c1-8-14-23(4)33-29(36)28(26-19-17-24(10-3)18-20-26)35(21-9-2)30(37)27(22-25-15-12-11-13-16-25)34-31(38)39-32(5,6)7/h3,9,11-13,15-20,23,27-28H,2,8,14,21-22H2,1,4-7H3,(H,33,36)(H,34,38). The molecule has 0 aromatic heterocycles. The molecule has 0 aliphatic carbocycles. The lowest BCUT2D eigenvalue weighted by Crippen LogP contribution is -2.54. The van der Waals surface area contributed by atoms with Gasteiger partial charge in [0.25, 0.3) is 0 Å². The molecule has 0 saturated heterocycles. The van der Waals surface area contributed by atoms with Gasteiger partial charge < -0.3 is 20.3 Å². The van der Waals surface area contributed by atoms with E-state index in [0.717, 1.165) is 18.4 Å². The Kier molecular flexibility index (Phi) is 11.8. The molecular weight excluding hydrogens is 490 g/mol. The first kappa shape index (κ1) is 31.2. The molecule has 39 heavy (non-hydrogen) atoms. The van der Waals surface area contributed by atoms with E-state index in [1.807, 2.05) is 44.2 Å². The number of rotatable bonds is 12. The second-order valence-corrected chi connectivity index (χ2v) is 10.5. The topological polar surface area (TPSA) is 87.7 Å². The summed E-state index contributed by atoms with van der Waals surface area (Å²) < 4.78 is 5.45. The fourth-order valence-corrected chi connectivity index (χ4v) is 4.22. The first-order chi connectivity index (χ1) is 18.5. The summed E-state index contributed by atoms with van der Waals surface area (Å²) in [5.74, 6) is 1.82. The first-order valence-electron chi connectivity index (χ1n) is 13.3. The van der Waals surface area contributed by atoms with Crippen LogP contribution in [0.2, 0.25) is 0 Å². The van der Waals surface area contributed by atoms with Crippen LogP contribution in [0.3, 0.4) is 0 Å². The Bertz CT molecular complexity index is 1150. The van der Waals surface area contributed by atoms with Crippen LogP contribution in [-0.2, 0) is 20.7 Å². The molecule has 0 aliphatic rings. The number of carbonyl (C=O) groups is 3. The predicted octanol–water partition coefficient (Wildman–Crippen LogP) is 5.16. The minimum Gasteiger partial charge on any atom is -0.444 e. The van der Waals surface area contributed by atoms with Crippen molar-refractivity contribution in [3.8, 4) is 12.3 Å². The van der Waals surface area contributed by atoms with E-state index < -0.39 is 29.7 Å². The summed E-state index contributed by atoms with van der Waals surface area (Å²) in [5.41, 5.74) is 1.36. The van der Waals surface area contributed by atoms with Crippen molar-refractivity contribution in [1.82, 2.24) is 15.5 Å². The van der Waals surface area contributed by atoms with Crippen molar-refractivity contribution in [3.05, 3.63) is 83.9 Å². The second-order valence-electron chi connectivity index (χ2n) is 10.5. The molecule has 2 N–H and O–H groups in total. The van der Waals surface area contributed by atoms with Crippen molar-refractivity contribution in [1.29, 1.82) is 0 Å². The zero-order valence-electron chi connectivity index (χ0n) is 23.7. The lowest BCUT2D eigenvalue weighted by molar-refractivity contribution is -0.142. The number of hydrogen-bond donors (Lipinski definition) is 2. The molecule has 3 unspecified atom stereocenters. The van der Waals surface area contributed by atoms with E-state index in [-0.39, 0.29) is 24.9 Å². The quantitative estimate of drug-likeness (QED) is 0.292. The number of amides is 3. The van der Waals surface area contributed by atoms with E-state index >= 15 is 0 Å². The zero-order chi connectivity index (χ0) is 29.0. The Morgan fingerprint density at radius 2 is 1.72 bits per heavy atom. The Morgan fingerprint density at radius 1 is 1.08 bits per heavy atom. The molecule has 0 saturated carbocycles. The lowest BCUT2D eigenvalue weighted by atomic mass is 9.99. The normalized spacial score (nSPS) is 13.2. The summed E-state index contributed by atoms with van der Waals surface area (Å²) in [5, 5.41) is 5.78. The van der Waals surface area contributed by atoms with Gasteiger partial charge in [-0.2, -0.15) is 0 Å². The van der Waals surface area contributed by atoms with E-state index in [1.165, 1.54) is 4.90 Å². The van der Waals surface area contributed by atoms with Gasteiger partial charge in [0.1, 0.15) is 17.7 Å². The molecule has 2 rings (SSSR count). The van der Waals surface area contributed by atoms with Gasteiger partial charge in [0.15, 0.2) is 0 Å². The highest BCUT2D eigenvalue weighted by Gasteiger charge is 2.36. The van der Waals surface area contributed by atoms with E-state index in [1.54, 1.807) is 51.1 Å². The van der Waals surface area contributed by atoms with Crippen LogP contribution in [0.1, 0.15) is 70.2 Å². The molecule has 0 aliphatic heterocycles. The van der Waals surface area contributed by atoms with Gasteiger partial charge in [-0.25, -0.2) is 4.79 Å². The molecule has 3 atom stereocenters. The summed E-state index contributed by atoms with van der Waals surface area (Å²) in [6, 6.07) is 14.3. The Labute approximate surface area is 233 Å². The van der Waals surface area contributed by atoms with Crippen molar-refractivity contribution in [2.75, 3.05) is 6.54 Å². The molecule has 2 aromatic carbocycles. The second kappa shape index (κ2) is 14.8. The third-order valence-corrected chi connectivity index (χ3v) is 5.94. The van der Waals surface area contributed by atoms with Crippen LogP contribution in [0.5, 0.6) is 0 Å². The Balaban J connectivity index is 2.53. The molecule has 0 fully saturated rings. The van der Waals surface area contributed by atoms with E-state index in [0.29, 0.717) is 11.1 Å². The minimum absolute atomic E-state index is 0.0806. The summed E-state index contributed by atoms with van der Waals surface area (Å²) >= 11 is 0. The van der Waals surface area contributed by atoms with Gasteiger partial charge in [-0.15, -0.1) is 13.0 Å². The number of carbonyl (C=O) groups excluding carboxylic acids is 3. The van der Waals surface area contributed by atoms with Crippen molar-refractivity contribution in [3.63, 3.8) is 0 Å². The van der Waals surface area contributed by atoms with Gasteiger partial charge in [-0.05, 0) is 57.4 Å². The van der Waals surface area contributed by atoms with Gasteiger partial charge in [0.2, 0.25) is 11.8 Å². The summed E-state index contributed by atoms with van der Waals surface area (Å²) in [4.78, 5) is 42.1. The molecule has 3 amide bonds. The maximum Gasteiger partial charge on any atom is 0.408 e. The molecular formula is C32H41N3O4. The molecule has 0 heterocycles. The third kappa shape index (κ3) is 9.97. The molecule has 7 nitrogen and oxygen atoms in total. The highest BCUT2D eigenvalue weighted by atomic mass is 16.6. The minimum atomic E-state index is -0.990. The number of benzene rings is 2. The SMILES string of the molecule is C#Cc1ccc(C(C(=O)NC(C)CCC)N(CC=C)C(=O)C(Cc2ccccc2)NC(=O)OC(C)(C)C)cc1. The zero-order valence-corrected chi connectivity index (χ0v) is 23.7. The van der Waals surface area contributed by atoms with Gasteiger partial charge in [-0.3, -0.25) is 9.59 Å². The van der Waals surface area contributed by atoms with Crippen LogP contribution in [0.25, 0.3) is 0 Å². The average Bonchev–Trinajstić information content (AvgIpc) is 2.87. The largest absolute Gasteiger partial charge is 0.444 e. The van der Waals surface area contributed by atoms with Gasteiger partial charge >= 0.3 is 6.09 Å². The van der Waals surface area contributed by atoms with Crippen LogP contribution in [-0.4, -0.2) is 47.0 Å². The van der Waals surface area contributed by atoms with Crippen LogP contribution in [0.15, 0.2) is 67.3 Å². The van der Waals surface area contributed by atoms with Gasteiger partial charge in [0, 0.05) is 24.6 Å². The summed E-state index contributed by atoms with van der Waals surface area (Å²) in [7, 11) is 0. The van der Waals surface area contributed by atoms with Crippen molar-refractivity contribution >= 4 is 17.9 Å². The molecule has 0 spiro atoms. The third-order valence-electron chi connectivity index (χ3n) is 5.94. The first-order valence-corrected chi connectivity index (χ1v) is 13.3. The molecule has 7 heteroatoms. The molecule has 208 valence electrons. The number of nitrogens with one attached hydrogen (secondary N) is 2. The fourth-order valence-electron chi connectivity index (χ4n) is 4.22. The highest BCUT2D eigenvalue weighted by molar-refractivity contribution is 5.92. The number of terminal acetylenes is 1. The van der Waals surface area contributed by atoms with Gasteiger partial charge in [0.05, 0.1) is 0 Å². The van der Waals surface area contributed by atoms with Crippen LogP contribution < -0.4 is 10.6 Å². The van der Waals surface area contributed by atoms with Crippen molar-refractivity contribution in [2.45, 2.75) is 77.6 Å². The van der Waals surface area contributed by atoms with Crippen molar-refractivity contribution in [2.24, 2.45) is 0 Å². The smallest absolute Gasteiger partial charge is 0.408 e. The van der Waals surface area contributed by atoms with Crippen LogP contribution in [0, 0.1) is 12.3 Å². The summed E-state index contributed by atoms with van der Waals surface area (Å²) in [6.07, 6.45) is 8.29. The van der Waals surface area contributed by atoms with E-state index in [4.69, 9.17) is 11.2 Å². The average molecular weight is 532 g/mol. The number of hydrogen-bond acceptors (Lipinski definition) is 4. The maximum absolute atomic E-state index is 14.2. The number of alkyl carbamates (subject to hydrolysis) is 1. The predicted molar refractivity (Wildman–Crippen MR) is 155 cm³/mol. The van der Waals surface area contributed by atoms with Gasteiger partial charge in [-0.1, -0.05) is 67.8 Å². The van der Waals surface area contributed by atoms with E-state index in [2.05, 4.69) is 23.1 Å². The summed E-state index contributed by atoms with van der Waals surface area (Å²) in [6.45, 7) is 13.1. The van der Waals surface area contributed by atoms with E-state index in [9.17, 15) is 14.4 Å². The van der Waals surface area contributed by atoms with Crippen LogP contribution >= 0.6 is 0 Å². The molecule has 0 bridgehead atoms. The fraction of sp³-hybridized carbons (Fsp3) is 0.406. The maximum atomic E-state index is 14.2. The molecule has 2 aromatic rings. The van der Waals surface area contributed by atoms with Crippen molar-refractivity contribution < 1.29 is 19.1 Å². The Morgan fingerprint density at radius 3 is 2.26 bits per heavy atom.